The molecule has 0 spiro atoms. The van der Waals surface area contributed by atoms with Crippen LogP contribution < -0.4 is 5.32 Å². The van der Waals surface area contributed by atoms with Gasteiger partial charge in [0.25, 0.3) is 5.91 Å². The highest BCUT2D eigenvalue weighted by molar-refractivity contribution is 6.03. The minimum absolute atomic E-state index is 0.265. The van der Waals surface area contributed by atoms with E-state index >= 15 is 0 Å². The Morgan fingerprint density at radius 1 is 1.20 bits per heavy atom. The molecule has 0 bridgehead atoms. The molecule has 3 aromatic heterocycles. The quantitative estimate of drug-likeness (QED) is 0.511. The number of rotatable bonds is 5. The predicted molar refractivity (Wildman–Crippen MR) is 114 cm³/mol. The van der Waals surface area contributed by atoms with E-state index in [4.69, 9.17) is 4.42 Å². The molecule has 4 aromatic rings. The first-order valence-electron chi connectivity index (χ1n) is 9.77. The Labute approximate surface area is 174 Å². The molecular formula is C22H24N6O2. The minimum atomic E-state index is -0.265. The maximum Gasteiger partial charge on any atom is 0.273 e. The second-order valence-corrected chi connectivity index (χ2v) is 7.59. The summed E-state index contributed by atoms with van der Waals surface area (Å²) in [5.74, 6) is 1.43. The lowest BCUT2D eigenvalue weighted by molar-refractivity contribution is 0.102. The summed E-state index contributed by atoms with van der Waals surface area (Å²) in [5, 5.41) is 14.4. The molecule has 0 fully saturated rings. The number of aryl methyl sites for hydroxylation is 2. The third-order valence-electron chi connectivity index (χ3n) is 5.07. The number of nitrogens with zero attached hydrogens (tertiary/aromatic N) is 4. The number of H-pyrrole nitrogens is 1. The standard InChI is InChI=1S/C22H24N6O2/c1-12(2)19-11-23-22(30-19)15-6-8-16(9-7-15)24-21(29)18-10-17(25-26-18)20-13(3)27-28(5)14(20)4/h6-12H,1-5H3,(H,24,29)(H,25,26). The van der Waals surface area contributed by atoms with Gasteiger partial charge in [0.05, 0.1) is 17.6 Å². The topological polar surface area (TPSA) is 102 Å². The summed E-state index contributed by atoms with van der Waals surface area (Å²) in [5.41, 5.74) is 5.40. The highest BCUT2D eigenvalue weighted by Crippen LogP contribution is 2.26. The van der Waals surface area contributed by atoms with Gasteiger partial charge in [-0.25, -0.2) is 4.98 Å². The molecule has 0 atom stereocenters. The molecule has 30 heavy (non-hydrogen) atoms. The zero-order chi connectivity index (χ0) is 21.4. The SMILES string of the molecule is Cc1nn(C)c(C)c1-c1cc(C(=O)Nc2ccc(-c3ncc(C(C)C)o3)cc2)[nH]n1. The highest BCUT2D eigenvalue weighted by atomic mass is 16.4. The number of anilines is 1. The largest absolute Gasteiger partial charge is 0.441 e. The number of carbonyl (C=O) groups excluding carboxylic acids is 1. The summed E-state index contributed by atoms with van der Waals surface area (Å²) in [6, 6.07) is 9.11. The van der Waals surface area contributed by atoms with Gasteiger partial charge in [0.2, 0.25) is 5.89 Å². The molecule has 8 heteroatoms. The average molecular weight is 404 g/mol. The third-order valence-corrected chi connectivity index (χ3v) is 5.07. The molecule has 3 heterocycles. The van der Waals surface area contributed by atoms with Crippen LogP contribution in [0, 0.1) is 13.8 Å². The number of benzene rings is 1. The Kier molecular flexibility index (Phi) is 4.99. The van der Waals surface area contributed by atoms with Gasteiger partial charge >= 0.3 is 0 Å². The Bertz CT molecular complexity index is 1200. The van der Waals surface area contributed by atoms with Crippen molar-refractivity contribution in [3.8, 4) is 22.7 Å². The molecule has 1 amide bonds. The minimum Gasteiger partial charge on any atom is -0.441 e. The lowest BCUT2D eigenvalue weighted by Crippen LogP contribution is -2.12. The molecule has 1 aromatic carbocycles. The molecule has 8 nitrogen and oxygen atoms in total. The molecule has 0 aliphatic rings. The van der Waals surface area contributed by atoms with E-state index in [1.54, 1.807) is 16.9 Å². The summed E-state index contributed by atoms with van der Waals surface area (Å²) >= 11 is 0. The Balaban J connectivity index is 1.48. The van der Waals surface area contributed by atoms with Crippen molar-refractivity contribution in [1.82, 2.24) is 25.0 Å². The lowest BCUT2D eigenvalue weighted by atomic mass is 10.1. The number of oxazole rings is 1. The molecule has 0 unspecified atom stereocenters. The molecule has 0 saturated heterocycles. The van der Waals surface area contributed by atoms with E-state index in [0.29, 0.717) is 23.0 Å². The van der Waals surface area contributed by atoms with E-state index in [2.05, 4.69) is 39.4 Å². The summed E-state index contributed by atoms with van der Waals surface area (Å²) < 4.78 is 7.57. The first-order chi connectivity index (χ1) is 14.3. The van der Waals surface area contributed by atoms with Gasteiger partial charge in [-0.1, -0.05) is 13.8 Å². The Hall–Kier alpha value is -3.68. The van der Waals surface area contributed by atoms with E-state index in [1.165, 1.54) is 0 Å². The maximum atomic E-state index is 12.6. The van der Waals surface area contributed by atoms with Gasteiger partial charge in [0, 0.05) is 35.5 Å². The highest BCUT2D eigenvalue weighted by Gasteiger charge is 2.17. The maximum absolute atomic E-state index is 12.6. The smallest absolute Gasteiger partial charge is 0.273 e. The number of aromatic nitrogens is 5. The van der Waals surface area contributed by atoms with E-state index < -0.39 is 0 Å². The molecule has 0 radical (unpaired) electrons. The van der Waals surface area contributed by atoms with Gasteiger partial charge in [0.1, 0.15) is 11.5 Å². The van der Waals surface area contributed by atoms with Crippen LogP contribution in [0.1, 0.15) is 47.4 Å². The van der Waals surface area contributed by atoms with Gasteiger partial charge in [-0.2, -0.15) is 10.2 Å². The van der Waals surface area contributed by atoms with Gasteiger partial charge < -0.3 is 9.73 Å². The number of hydrogen-bond donors (Lipinski definition) is 2. The number of nitrogens with one attached hydrogen (secondary N) is 2. The zero-order valence-corrected chi connectivity index (χ0v) is 17.6. The van der Waals surface area contributed by atoms with Crippen LogP contribution >= 0.6 is 0 Å². The second kappa shape index (κ2) is 7.62. The van der Waals surface area contributed by atoms with E-state index in [9.17, 15) is 4.79 Å². The number of carbonyl (C=O) groups is 1. The fourth-order valence-electron chi connectivity index (χ4n) is 3.29. The van der Waals surface area contributed by atoms with Crippen molar-refractivity contribution in [2.45, 2.75) is 33.6 Å². The van der Waals surface area contributed by atoms with Gasteiger partial charge in [-0.15, -0.1) is 0 Å². The molecule has 2 N–H and O–H groups in total. The fourth-order valence-corrected chi connectivity index (χ4v) is 3.29. The van der Waals surface area contributed by atoms with Crippen LogP contribution in [0.25, 0.3) is 22.7 Å². The zero-order valence-electron chi connectivity index (χ0n) is 17.6. The summed E-state index contributed by atoms with van der Waals surface area (Å²) in [6.45, 7) is 8.01. The summed E-state index contributed by atoms with van der Waals surface area (Å²) in [7, 11) is 1.89. The monoisotopic (exact) mass is 404 g/mol. The third kappa shape index (κ3) is 3.63. The van der Waals surface area contributed by atoms with Gasteiger partial charge in [-0.05, 0) is 44.2 Å². The molecule has 0 aliphatic carbocycles. The van der Waals surface area contributed by atoms with Crippen molar-refractivity contribution in [3.05, 3.63) is 59.4 Å². The van der Waals surface area contributed by atoms with Crippen molar-refractivity contribution in [3.63, 3.8) is 0 Å². The first kappa shape index (κ1) is 19.6. The molecule has 0 aliphatic heterocycles. The first-order valence-corrected chi connectivity index (χ1v) is 9.77. The fraction of sp³-hybridized carbons (Fsp3) is 0.273. The predicted octanol–water partition coefficient (Wildman–Crippen LogP) is 4.46. The van der Waals surface area contributed by atoms with Crippen molar-refractivity contribution >= 4 is 11.6 Å². The van der Waals surface area contributed by atoms with Gasteiger partial charge in [0.15, 0.2) is 0 Å². The molecule has 0 saturated carbocycles. The number of amides is 1. The Morgan fingerprint density at radius 2 is 1.93 bits per heavy atom. The molecule has 154 valence electrons. The van der Waals surface area contributed by atoms with Crippen LogP contribution in [0.15, 0.2) is 40.9 Å². The molecule has 4 rings (SSSR count). The van der Waals surface area contributed by atoms with E-state index in [-0.39, 0.29) is 11.8 Å². The van der Waals surface area contributed by atoms with Crippen LogP contribution in [-0.4, -0.2) is 30.9 Å². The van der Waals surface area contributed by atoms with Gasteiger partial charge in [-0.3, -0.25) is 14.6 Å². The van der Waals surface area contributed by atoms with Crippen molar-refractivity contribution < 1.29 is 9.21 Å². The van der Waals surface area contributed by atoms with E-state index in [0.717, 1.165) is 28.3 Å². The van der Waals surface area contributed by atoms with Crippen LogP contribution in [0.5, 0.6) is 0 Å². The number of aromatic amines is 1. The normalized spacial score (nSPS) is 11.3. The summed E-state index contributed by atoms with van der Waals surface area (Å²) in [6.07, 6.45) is 1.75. The lowest BCUT2D eigenvalue weighted by Gasteiger charge is -2.04. The van der Waals surface area contributed by atoms with Crippen LogP contribution in [-0.2, 0) is 7.05 Å². The Morgan fingerprint density at radius 3 is 2.53 bits per heavy atom. The number of hydrogen-bond acceptors (Lipinski definition) is 5. The van der Waals surface area contributed by atoms with Crippen molar-refractivity contribution in [1.29, 1.82) is 0 Å². The second-order valence-electron chi connectivity index (χ2n) is 7.59. The van der Waals surface area contributed by atoms with Crippen LogP contribution in [0.4, 0.5) is 5.69 Å². The summed E-state index contributed by atoms with van der Waals surface area (Å²) in [4.78, 5) is 17.0. The van der Waals surface area contributed by atoms with Crippen LogP contribution in [0.3, 0.4) is 0 Å². The van der Waals surface area contributed by atoms with Crippen molar-refractivity contribution in [2.24, 2.45) is 7.05 Å². The average Bonchev–Trinajstić information content (AvgIpc) is 3.43. The van der Waals surface area contributed by atoms with Crippen molar-refractivity contribution in [2.75, 3.05) is 5.32 Å². The van der Waals surface area contributed by atoms with E-state index in [1.807, 2.05) is 45.2 Å². The van der Waals surface area contributed by atoms with Crippen LogP contribution in [0.2, 0.25) is 0 Å². The molecular weight excluding hydrogens is 380 g/mol.